The maximum absolute atomic E-state index is 13.5. The van der Waals surface area contributed by atoms with E-state index in [0.717, 1.165) is 0 Å². The zero-order valence-corrected chi connectivity index (χ0v) is 19.3. The van der Waals surface area contributed by atoms with E-state index >= 15 is 0 Å². The van der Waals surface area contributed by atoms with Crippen LogP contribution in [0.3, 0.4) is 0 Å². The minimum atomic E-state index is -0.826. The summed E-state index contributed by atoms with van der Waals surface area (Å²) in [5, 5.41) is 11.9. The molecule has 0 aliphatic carbocycles. The zero-order valence-electron chi connectivity index (χ0n) is 18.5. The van der Waals surface area contributed by atoms with E-state index in [1.165, 1.54) is 12.0 Å². The van der Waals surface area contributed by atoms with Crippen LogP contribution >= 0.6 is 11.6 Å². The Morgan fingerprint density at radius 3 is 2.73 bits per heavy atom. The normalized spacial score (nSPS) is 16.3. The van der Waals surface area contributed by atoms with Crippen LogP contribution < -0.4 is 4.74 Å². The molecule has 33 heavy (non-hydrogen) atoms. The average Bonchev–Trinajstić information content (AvgIpc) is 3.30. The molecule has 1 N–H and O–H groups in total. The predicted octanol–water partition coefficient (Wildman–Crippen LogP) is 5.10. The molecule has 1 aromatic heterocycles. The van der Waals surface area contributed by atoms with Crippen LogP contribution in [0.2, 0.25) is 5.02 Å². The lowest BCUT2D eigenvalue weighted by Gasteiger charge is -2.26. The molecule has 4 rings (SSSR count). The first-order valence-electron chi connectivity index (χ1n) is 10.5. The van der Waals surface area contributed by atoms with Gasteiger partial charge in [0.15, 0.2) is 11.5 Å². The van der Waals surface area contributed by atoms with Crippen molar-refractivity contribution in [2.75, 3.05) is 20.3 Å². The maximum atomic E-state index is 13.5. The van der Waals surface area contributed by atoms with Gasteiger partial charge < -0.3 is 23.9 Å². The highest BCUT2D eigenvalue weighted by Gasteiger charge is 2.44. The molecule has 7 nitrogen and oxygen atoms in total. The van der Waals surface area contributed by atoms with Crippen molar-refractivity contribution in [2.24, 2.45) is 0 Å². The average molecular weight is 470 g/mol. The van der Waals surface area contributed by atoms with Crippen LogP contribution in [0.5, 0.6) is 5.75 Å². The number of benzene rings is 2. The van der Waals surface area contributed by atoms with E-state index in [0.29, 0.717) is 27.3 Å². The fourth-order valence-corrected chi connectivity index (χ4v) is 4.12. The summed E-state index contributed by atoms with van der Waals surface area (Å²) in [6.45, 7) is 4.24. The second kappa shape index (κ2) is 9.29. The lowest BCUT2D eigenvalue weighted by Crippen LogP contribution is -2.34. The minimum absolute atomic E-state index is 0.00907. The largest absolute Gasteiger partial charge is 0.503 e. The Morgan fingerprint density at radius 1 is 1.21 bits per heavy atom. The molecule has 0 fully saturated rings. The van der Waals surface area contributed by atoms with Crippen LogP contribution in [-0.2, 0) is 9.53 Å². The molecular formula is C25H24ClNO6. The highest BCUT2D eigenvalue weighted by atomic mass is 35.5. The molecule has 0 spiro atoms. The lowest BCUT2D eigenvalue weighted by atomic mass is 9.95. The SMILES string of the molecule is COCCN1C(=O)C(O)=C(C(=O)c2cc3cc(Cl)ccc3o2)C1c1cccc(OC(C)C)c1. The first-order valence-corrected chi connectivity index (χ1v) is 10.9. The molecule has 1 aliphatic heterocycles. The predicted molar refractivity (Wildman–Crippen MR) is 124 cm³/mol. The quantitative estimate of drug-likeness (QED) is 0.462. The molecule has 172 valence electrons. The monoisotopic (exact) mass is 469 g/mol. The number of aliphatic hydroxyl groups is 1. The maximum Gasteiger partial charge on any atom is 0.290 e. The Morgan fingerprint density at radius 2 is 2.00 bits per heavy atom. The molecule has 0 bridgehead atoms. The molecule has 1 atom stereocenters. The molecule has 2 aromatic carbocycles. The fourth-order valence-electron chi connectivity index (χ4n) is 3.94. The number of amides is 1. The summed E-state index contributed by atoms with van der Waals surface area (Å²) in [6, 6.07) is 12.9. The van der Waals surface area contributed by atoms with Crippen molar-refractivity contribution >= 4 is 34.3 Å². The van der Waals surface area contributed by atoms with Gasteiger partial charge in [-0.25, -0.2) is 0 Å². The van der Waals surface area contributed by atoms with Crippen molar-refractivity contribution in [3.8, 4) is 5.75 Å². The van der Waals surface area contributed by atoms with Crippen LogP contribution in [0.15, 0.2) is 64.3 Å². The van der Waals surface area contributed by atoms with Crippen LogP contribution in [0.4, 0.5) is 0 Å². The number of hydrogen-bond donors (Lipinski definition) is 1. The number of halogens is 1. The molecule has 1 unspecified atom stereocenters. The van der Waals surface area contributed by atoms with Gasteiger partial charge in [-0.2, -0.15) is 0 Å². The van der Waals surface area contributed by atoms with E-state index in [9.17, 15) is 14.7 Å². The third-order valence-corrected chi connectivity index (χ3v) is 5.57. The van der Waals surface area contributed by atoms with Crippen molar-refractivity contribution in [1.29, 1.82) is 0 Å². The third-order valence-electron chi connectivity index (χ3n) is 5.33. The van der Waals surface area contributed by atoms with Crippen molar-refractivity contribution in [1.82, 2.24) is 4.90 Å². The molecule has 0 saturated carbocycles. The first kappa shape index (κ1) is 22.9. The summed E-state index contributed by atoms with van der Waals surface area (Å²) in [5.74, 6) is -1.22. The fraction of sp³-hybridized carbons (Fsp3) is 0.280. The van der Waals surface area contributed by atoms with Crippen LogP contribution in [0.25, 0.3) is 11.0 Å². The van der Waals surface area contributed by atoms with E-state index in [2.05, 4.69) is 0 Å². The molecule has 2 heterocycles. The second-order valence-electron chi connectivity index (χ2n) is 8.02. The third kappa shape index (κ3) is 4.47. The van der Waals surface area contributed by atoms with Gasteiger partial charge in [-0.1, -0.05) is 23.7 Å². The van der Waals surface area contributed by atoms with Crippen molar-refractivity contribution in [3.05, 3.63) is 76.2 Å². The Balaban J connectivity index is 1.79. The van der Waals surface area contributed by atoms with Crippen molar-refractivity contribution < 1.29 is 28.6 Å². The van der Waals surface area contributed by atoms with Crippen LogP contribution in [-0.4, -0.2) is 48.1 Å². The summed E-state index contributed by atoms with van der Waals surface area (Å²) in [7, 11) is 1.52. The zero-order chi connectivity index (χ0) is 23.7. The van der Waals surface area contributed by atoms with Gasteiger partial charge in [0.25, 0.3) is 5.91 Å². The Kier molecular flexibility index (Phi) is 6.44. The molecule has 0 saturated heterocycles. The van der Waals surface area contributed by atoms with Crippen molar-refractivity contribution in [2.45, 2.75) is 26.0 Å². The van der Waals surface area contributed by atoms with Gasteiger partial charge in [-0.05, 0) is 55.8 Å². The van der Waals surface area contributed by atoms with Gasteiger partial charge in [0.05, 0.1) is 24.3 Å². The summed E-state index contributed by atoms with van der Waals surface area (Å²) in [5.41, 5.74) is 1.05. The van der Waals surface area contributed by atoms with Crippen LogP contribution in [0, 0.1) is 0 Å². The van der Waals surface area contributed by atoms with Gasteiger partial charge in [0.1, 0.15) is 11.3 Å². The minimum Gasteiger partial charge on any atom is -0.503 e. The summed E-state index contributed by atoms with van der Waals surface area (Å²) in [6.07, 6.45) is -0.0533. The number of hydrogen-bond acceptors (Lipinski definition) is 6. The van der Waals surface area contributed by atoms with Crippen molar-refractivity contribution in [3.63, 3.8) is 0 Å². The molecule has 3 aromatic rings. The number of carbonyl (C=O) groups excluding carboxylic acids is 2. The van der Waals surface area contributed by atoms with Gasteiger partial charge >= 0.3 is 0 Å². The smallest absolute Gasteiger partial charge is 0.290 e. The number of ketones is 1. The van der Waals surface area contributed by atoms with E-state index in [1.54, 1.807) is 48.5 Å². The van der Waals surface area contributed by atoms with Gasteiger partial charge in [-0.3, -0.25) is 9.59 Å². The number of Topliss-reactive ketones (excluding diaryl/α,β-unsaturated/α-hetero) is 1. The van der Waals surface area contributed by atoms with Crippen LogP contribution in [0.1, 0.15) is 36.0 Å². The number of furan rings is 1. The van der Waals surface area contributed by atoms with E-state index in [4.69, 9.17) is 25.5 Å². The number of aliphatic hydroxyl groups excluding tert-OH is 1. The first-order chi connectivity index (χ1) is 15.8. The molecule has 8 heteroatoms. The highest BCUT2D eigenvalue weighted by molar-refractivity contribution is 6.31. The lowest BCUT2D eigenvalue weighted by molar-refractivity contribution is -0.130. The Bertz CT molecular complexity index is 1240. The van der Waals surface area contributed by atoms with E-state index < -0.39 is 23.5 Å². The Hall–Kier alpha value is -3.29. The van der Waals surface area contributed by atoms with Gasteiger partial charge in [-0.15, -0.1) is 0 Å². The topological polar surface area (TPSA) is 89.2 Å². The molecule has 0 radical (unpaired) electrons. The highest BCUT2D eigenvalue weighted by Crippen LogP contribution is 2.40. The van der Waals surface area contributed by atoms with E-state index in [1.807, 2.05) is 13.8 Å². The number of rotatable bonds is 8. The number of carbonyl (C=O) groups is 2. The van der Waals surface area contributed by atoms with Gasteiger partial charge in [0, 0.05) is 24.1 Å². The molecule has 1 amide bonds. The Labute approximate surface area is 196 Å². The standard InChI is InChI=1S/C25H24ClNO6/c1-14(2)32-18-6-4-5-15(12-18)22-21(24(29)25(30)27(22)9-10-31-3)23(28)20-13-16-11-17(26)7-8-19(16)33-20/h4-8,11-14,22,29H,9-10H2,1-3H3. The van der Waals surface area contributed by atoms with E-state index in [-0.39, 0.29) is 30.6 Å². The number of nitrogens with zero attached hydrogens (tertiary/aromatic N) is 1. The summed E-state index contributed by atoms with van der Waals surface area (Å²) < 4.78 is 16.7. The molecule has 1 aliphatic rings. The second-order valence-corrected chi connectivity index (χ2v) is 8.45. The summed E-state index contributed by atoms with van der Waals surface area (Å²) >= 11 is 6.05. The van der Waals surface area contributed by atoms with Gasteiger partial charge in [0.2, 0.25) is 5.78 Å². The number of fused-ring (bicyclic) bond motifs is 1. The number of methoxy groups -OCH3 is 1. The summed E-state index contributed by atoms with van der Waals surface area (Å²) in [4.78, 5) is 27.9. The molecular weight excluding hydrogens is 446 g/mol. The number of ether oxygens (including phenoxy) is 2.